The molecule has 26 heavy (non-hydrogen) atoms. The fourth-order valence-electron chi connectivity index (χ4n) is 3.16. The number of likely N-dealkylation sites (tertiary alicyclic amines) is 1. The molecule has 0 unspecified atom stereocenters. The first-order chi connectivity index (χ1) is 12.6. The Morgan fingerprint density at radius 1 is 1.27 bits per heavy atom. The molecule has 0 aliphatic carbocycles. The minimum atomic E-state index is -0.0218. The highest BCUT2D eigenvalue weighted by Crippen LogP contribution is 2.20. The average Bonchev–Trinajstić information content (AvgIpc) is 3.10. The van der Waals surface area contributed by atoms with E-state index in [1.165, 1.54) is 4.88 Å². The third-order valence-corrected chi connectivity index (χ3v) is 5.79. The molecular formula is C19H24N4O2S. The number of aryl methyl sites for hydroxylation is 2. The quantitative estimate of drug-likeness (QED) is 0.844. The van der Waals surface area contributed by atoms with Crippen LogP contribution >= 0.6 is 11.3 Å². The van der Waals surface area contributed by atoms with E-state index < -0.39 is 0 Å². The van der Waals surface area contributed by atoms with Crippen molar-refractivity contribution >= 4 is 23.2 Å². The highest BCUT2D eigenvalue weighted by atomic mass is 32.1. The van der Waals surface area contributed by atoms with Crippen molar-refractivity contribution in [1.29, 1.82) is 0 Å². The minimum Gasteiger partial charge on any atom is -0.350 e. The summed E-state index contributed by atoms with van der Waals surface area (Å²) in [6.07, 6.45) is 4.43. The van der Waals surface area contributed by atoms with Crippen molar-refractivity contribution in [2.75, 3.05) is 13.1 Å². The maximum atomic E-state index is 12.4. The molecule has 0 radical (unpaired) electrons. The molecular weight excluding hydrogens is 348 g/mol. The molecule has 1 aliphatic heterocycles. The molecule has 7 heteroatoms. The maximum absolute atomic E-state index is 12.4. The number of nitrogens with zero attached hydrogens (tertiary/aromatic N) is 3. The number of thiazole rings is 1. The second-order valence-corrected chi connectivity index (χ2v) is 7.49. The van der Waals surface area contributed by atoms with Crippen LogP contribution in [0.15, 0.2) is 29.9 Å². The van der Waals surface area contributed by atoms with E-state index in [9.17, 15) is 9.59 Å². The smallest absolute Gasteiger partial charge is 0.223 e. The van der Waals surface area contributed by atoms with Crippen molar-refractivity contribution in [3.63, 3.8) is 0 Å². The Hall–Kier alpha value is -2.28. The molecule has 138 valence electrons. The summed E-state index contributed by atoms with van der Waals surface area (Å²) in [4.78, 5) is 36.2. The first-order valence-corrected chi connectivity index (χ1v) is 9.86. The Labute approximate surface area is 157 Å². The molecule has 2 aromatic rings. The number of carbonyl (C=O) groups excluding carboxylic acids is 2. The SMILES string of the molecule is Cc1ncsc1CCC(=O)N1CCC(C(=O)NCc2ccccn2)CC1. The van der Waals surface area contributed by atoms with Gasteiger partial charge in [0.25, 0.3) is 0 Å². The van der Waals surface area contributed by atoms with Gasteiger partial charge in [-0.2, -0.15) is 0 Å². The Morgan fingerprint density at radius 3 is 2.73 bits per heavy atom. The summed E-state index contributed by atoms with van der Waals surface area (Å²) in [6.45, 7) is 3.74. The number of pyridine rings is 1. The summed E-state index contributed by atoms with van der Waals surface area (Å²) in [5, 5.41) is 2.95. The fourth-order valence-corrected chi connectivity index (χ4v) is 3.94. The van der Waals surface area contributed by atoms with Crippen molar-refractivity contribution in [3.8, 4) is 0 Å². The van der Waals surface area contributed by atoms with E-state index in [0.29, 0.717) is 26.1 Å². The highest BCUT2D eigenvalue weighted by Gasteiger charge is 2.27. The largest absolute Gasteiger partial charge is 0.350 e. The zero-order chi connectivity index (χ0) is 18.4. The molecule has 1 saturated heterocycles. The van der Waals surface area contributed by atoms with Crippen molar-refractivity contribution in [3.05, 3.63) is 46.2 Å². The number of carbonyl (C=O) groups is 2. The number of rotatable bonds is 6. The molecule has 3 heterocycles. The van der Waals surface area contributed by atoms with E-state index in [1.807, 2.05) is 35.5 Å². The lowest BCUT2D eigenvalue weighted by molar-refractivity contribution is -0.135. The predicted molar refractivity (Wildman–Crippen MR) is 101 cm³/mol. The monoisotopic (exact) mass is 372 g/mol. The molecule has 3 rings (SSSR count). The van der Waals surface area contributed by atoms with Crippen LogP contribution in [0.5, 0.6) is 0 Å². The summed E-state index contributed by atoms with van der Waals surface area (Å²) in [7, 11) is 0. The predicted octanol–water partition coefficient (Wildman–Crippen LogP) is 2.33. The first-order valence-electron chi connectivity index (χ1n) is 8.98. The minimum absolute atomic E-state index is 0.0218. The van der Waals surface area contributed by atoms with Gasteiger partial charge in [-0.25, -0.2) is 4.98 Å². The molecule has 0 atom stereocenters. The van der Waals surface area contributed by atoms with E-state index in [-0.39, 0.29) is 17.7 Å². The van der Waals surface area contributed by atoms with E-state index >= 15 is 0 Å². The van der Waals surface area contributed by atoms with Gasteiger partial charge in [0.15, 0.2) is 0 Å². The second kappa shape index (κ2) is 8.89. The molecule has 0 bridgehead atoms. The van der Waals surface area contributed by atoms with Crippen LogP contribution in [-0.2, 0) is 22.6 Å². The van der Waals surface area contributed by atoms with Gasteiger partial charge >= 0.3 is 0 Å². The van der Waals surface area contributed by atoms with E-state index in [0.717, 1.165) is 30.7 Å². The third-order valence-electron chi connectivity index (χ3n) is 4.80. The number of hydrogen-bond donors (Lipinski definition) is 1. The topological polar surface area (TPSA) is 75.2 Å². The number of aromatic nitrogens is 2. The Balaban J connectivity index is 1.39. The van der Waals surface area contributed by atoms with Crippen molar-refractivity contribution < 1.29 is 9.59 Å². The van der Waals surface area contributed by atoms with Crippen LogP contribution in [0.25, 0.3) is 0 Å². The van der Waals surface area contributed by atoms with Gasteiger partial charge in [-0.1, -0.05) is 6.07 Å². The van der Waals surface area contributed by atoms with E-state index in [4.69, 9.17) is 0 Å². The first kappa shape index (κ1) is 18.5. The van der Waals surface area contributed by atoms with Gasteiger partial charge in [-0.15, -0.1) is 11.3 Å². The van der Waals surface area contributed by atoms with Gasteiger partial charge in [0, 0.05) is 36.5 Å². The van der Waals surface area contributed by atoms with Crippen molar-refractivity contribution in [1.82, 2.24) is 20.2 Å². The van der Waals surface area contributed by atoms with Crippen LogP contribution in [0.1, 0.15) is 35.5 Å². The van der Waals surface area contributed by atoms with Crippen molar-refractivity contribution in [2.24, 2.45) is 5.92 Å². The van der Waals surface area contributed by atoms with Gasteiger partial charge in [0.05, 0.1) is 23.4 Å². The standard InChI is InChI=1S/C19H24N4O2S/c1-14-17(26-13-22-14)5-6-18(24)23-10-7-15(8-11-23)19(25)21-12-16-4-2-3-9-20-16/h2-4,9,13,15H,5-8,10-12H2,1H3,(H,21,25). The van der Waals surface area contributed by atoms with Crippen LogP contribution in [0.4, 0.5) is 0 Å². The van der Waals surface area contributed by atoms with Gasteiger partial charge < -0.3 is 10.2 Å². The van der Waals surface area contributed by atoms with E-state index in [2.05, 4.69) is 15.3 Å². The van der Waals surface area contributed by atoms with Gasteiger partial charge in [0.2, 0.25) is 11.8 Å². The number of hydrogen-bond acceptors (Lipinski definition) is 5. The molecule has 6 nitrogen and oxygen atoms in total. The van der Waals surface area contributed by atoms with Crippen LogP contribution in [0.3, 0.4) is 0 Å². The fraction of sp³-hybridized carbons (Fsp3) is 0.474. The van der Waals surface area contributed by atoms with Crippen molar-refractivity contribution in [2.45, 2.75) is 39.2 Å². The number of amides is 2. The summed E-state index contributed by atoms with van der Waals surface area (Å²) >= 11 is 1.61. The van der Waals surface area contributed by atoms with Gasteiger partial charge in [-0.3, -0.25) is 14.6 Å². The zero-order valence-electron chi connectivity index (χ0n) is 15.0. The second-order valence-electron chi connectivity index (χ2n) is 6.55. The highest BCUT2D eigenvalue weighted by molar-refractivity contribution is 7.09. The average molecular weight is 372 g/mol. The summed E-state index contributed by atoms with van der Waals surface area (Å²) in [5.41, 5.74) is 3.70. The Bertz CT molecular complexity index is 739. The number of nitrogens with one attached hydrogen (secondary N) is 1. The Kier molecular flexibility index (Phi) is 6.33. The molecule has 0 saturated carbocycles. The Morgan fingerprint density at radius 2 is 2.08 bits per heavy atom. The molecule has 0 aromatic carbocycles. The molecule has 0 spiro atoms. The third kappa shape index (κ3) is 4.88. The van der Waals surface area contributed by atoms with Crippen LogP contribution in [0, 0.1) is 12.8 Å². The van der Waals surface area contributed by atoms with Gasteiger partial charge in [-0.05, 0) is 38.3 Å². The normalized spacial score (nSPS) is 15.0. The lowest BCUT2D eigenvalue weighted by atomic mass is 9.95. The molecule has 1 fully saturated rings. The lowest BCUT2D eigenvalue weighted by Gasteiger charge is -2.31. The van der Waals surface area contributed by atoms with Crippen LogP contribution < -0.4 is 5.32 Å². The summed E-state index contributed by atoms with van der Waals surface area (Å²) in [5.74, 6) is 0.208. The number of piperidine rings is 1. The van der Waals surface area contributed by atoms with Crippen LogP contribution in [0.2, 0.25) is 0 Å². The molecule has 2 aromatic heterocycles. The zero-order valence-corrected chi connectivity index (χ0v) is 15.8. The maximum Gasteiger partial charge on any atom is 0.223 e. The van der Waals surface area contributed by atoms with E-state index in [1.54, 1.807) is 17.5 Å². The molecule has 1 aliphatic rings. The molecule has 2 amide bonds. The van der Waals surface area contributed by atoms with Gasteiger partial charge in [0.1, 0.15) is 0 Å². The molecule has 1 N–H and O–H groups in total. The summed E-state index contributed by atoms with van der Waals surface area (Å²) < 4.78 is 0. The lowest BCUT2D eigenvalue weighted by Crippen LogP contribution is -2.43. The summed E-state index contributed by atoms with van der Waals surface area (Å²) in [6, 6.07) is 5.66. The van der Waals surface area contributed by atoms with Crippen LogP contribution in [-0.4, -0.2) is 39.8 Å².